The summed E-state index contributed by atoms with van der Waals surface area (Å²) >= 11 is 4.86. The van der Waals surface area contributed by atoms with Gasteiger partial charge in [-0.2, -0.15) is 5.10 Å². The fourth-order valence-corrected chi connectivity index (χ4v) is 1.56. The van der Waals surface area contributed by atoms with Crippen molar-refractivity contribution in [2.75, 3.05) is 7.05 Å². The van der Waals surface area contributed by atoms with Crippen LogP contribution in [0.5, 0.6) is 5.75 Å². The molecule has 2 rings (SSSR count). The van der Waals surface area contributed by atoms with Gasteiger partial charge in [-0.25, -0.2) is 4.79 Å². The lowest BCUT2D eigenvalue weighted by molar-refractivity contribution is 0.474. The summed E-state index contributed by atoms with van der Waals surface area (Å²) < 4.78 is 5.02. The maximum absolute atomic E-state index is 11.1. The zero-order valence-corrected chi connectivity index (χ0v) is 10.8. The third kappa shape index (κ3) is 2.89. The van der Waals surface area contributed by atoms with E-state index in [0.29, 0.717) is 21.6 Å². The van der Waals surface area contributed by atoms with Crippen molar-refractivity contribution >= 4 is 34.5 Å². The van der Waals surface area contributed by atoms with Crippen LogP contribution in [0, 0.1) is 0 Å². The Morgan fingerprint density at radius 2 is 2.21 bits per heavy atom. The molecule has 0 atom stereocenters. The minimum atomic E-state index is -0.449. The Morgan fingerprint density at radius 3 is 2.95 bits per heavy atom. The molecule has 0 fully saturated rings. The predicted molar refractivity (Wildman–Crippen MR) is 76.5 cm³/mol. The molecule has 98 valence electrons. The van der Waals surface area contributed by atoms with Crippen molar-refractivity contribution in [2.24, 2.45) is 5.10 Å². The number of hydrogen-bond donors (Lipinski definition) is 3. The van der Waals surface area contributed by atoms with Gasteiger partial charge in [-0.3, -0.25) is 5.43 Å². The fraction of sp³-hybridized carbons (Fsp3) is 0.0833. The van der Waals surface area contributed by atoms with Gasteiger partial charge < -0.3 is 14.8 Å². The zero-order chi connectivity index (χ0) is 13.8. The molecular formula is C12H11N3O3S. The topological polar surface area (TPSA) is 86.9 Å². The van der Waals surface area contributed by atoms with Crippen LogP contribution in [-0.2, 0) is 0 Å². The molecule has 0 unspecified atom stereocenters. The summed E-state index contributed by atoms with van der Waals surface area (Å²) in [4.78, 5) is 11.1. The second kappa shape index (κ2) is 5.49. The largest absolute Gasteiger partial charge is 0.507 e. The maximum Gasteiger partial charge on any atom is 0.336 e. The number of nitrogens with one attached hydrogen (secondary N) is 2. The van der Waals surface area contributed by atoms with Gasteiger partial charge in [0.25, 0.3) is 0 Å². The van der Waals surface area contributed by atoms with Crippen LogP contribution in [0.4, 0.5) is 0 Å². The van der Waals surface area contributed by atoms with Gasteiger partial charge in [-0.05, 0) is 30.4 Å². The molecule has 0 bridgehead atoms. The van der Waals surface area contributed by atoms with E-state index in [0.717, 1.165) is 0 Å². The molecule has 1 aromatic carbocycles. The molecular weight excluding hydrogens is 266 g/mol. The first-order chi connectivity index (χ1) is 9.11. The molecule has 2 aromatic rings. The first-order valence-electron chi connectivity index (χ1n) is 5.38. The summed E-state index contributed by atoms with van der Waals surface area (Å²) in [6.07, 6.45) is 1.40. The molecule has 0 aliphatic carbocycles. The van der Waals surface area contributed by atoms with Gasteiger partial charge in [0.2, 0.25) is 0 Å². The van der Waals surface area contributed by atoms with Crippen LogP contribution in [0.1, 0.15) is 5.56 Å². The lowest BCUT2D eigenvalue weighted by atomic mass is 10.1. The van der Waals surface area contributed by atoms with Crippen molar-refractivity contribution in [2.45, 2.75) is 0 Å². The molecule has 1 heterocycles. The van der Waals surface area contributed by atoms with Crippen LogP contribution in [0.3, 0.4) is 0 Å². The SMILES string of the molecule is CNC(=S)N/N=C/c1c(O)ccc2oc(=O)ccc12. The number of aromatic hydroxyl groups is 1. The fourth-order valence-electron chi connectivity index (χ4n) is 1.51. The third-order valence-corrected chi connectivity index (χ3v) is 2.70. The van der Waals surface area contributed by atoms with Gasteiger partial charge in [-0.15, -0.1) is 0 Å². The van der Waals surface area contributed by atoms with E-state index in [1.54, 1.807) is 13.1 Å². The molecule has 0 aliphatic rings. The van der Waals surface area contributed by atoms with Crippen molar-refractivity contribution < 1.29 is 9.52 Å². The standard InChI is InChI=1S/C12H11N3O3S/c1-13-12(19)15-14-6-8-7-2-5-11(17)18-10(7)4-3-9(8)16/h2-6,16H,1H3,(H2,13,15,19)/b14-6+. The van der Waals surface area contributed by atoms with Gasteiger partial charge >= 0.3 is 5.63 Å². The average molecular weight is 277 g/mol. The Morgan fingerprint density at radius 1 is 1.42 bits per heavy atom. The highest BCUT2D eigenvalue weighted by Gasteiger charge is 2.06. The number of benzene rings is 1. The van der Waals surface area contributed by atoms with Crippen LogP contribution in [-0.4, -0.2) is 23.5 Å². The van der Waals surface area contributed by atoms with E-state index in [1.807, 2.05) is 0 Å². The van der Waals surface area contributed by atoms with E-state index in [1.165, 1.54) is 24.4 Å². The summed E-state index contributed by atoms with van der Waals surface area (Å²) in [6.45, 7) is 0. The molecule has 0 amide bonds. The minimum Gasteiger partial charge on any atom is -0.507 e. The van der Waals surface area contributed by atoms with Crippen molar-refractivity contribution in [3.05, 3.63) is 40.2 Å². The molecule has 19 heavy (non-hydrogen) atoms. The van der Waals surface area contributed by atoms with Gasteiger partial charge in [0.1, 0.15) is 11.3 Å². The number of thiocarbonyl (C=S) groups is 1. The Balaban J connectivity index is 2.44. The summed E-state index contributed by atoms with van der Waals surface area (Å²) in [6, 6.07) is 5.81. The Kier molecular flexibility index (Phi) is 3.76. The van der Waals surface area contributed by atoms with Crippen LogP contribution in [0.2, 0.25) is 0 Å². The highest BCUT2D eigenvalue weighted by Crippen LogP contribution is 2.24. The smallest absolute Gasteiger partial charge is 0.336 e. The van der Waals surface area contributed by atoms with Crippen molar-refractivity contribution in [3.63, 3.8) is 0 Å². The molecule has 0 spiro atoms. The molecule has 0 radical (unpaired) electrons. The van der Waals surface area contributed by atoms with Crippen molar-refractivity contribution in [3.8, 4) is 5.75 Å². The second-order valence-electron chi connectivity index (χ2n) is 3.61. The normalized spacial score (nSPS) is 10.8. The van der Waals surface area contributed by atoms with Crippen molar-refractivity contribution in [1.82, 2.24) is 10.7 Å². The van der Waals surface area contributed by atoms with E-state index < -0.39 is 5.63 Å². The Bertz CT molecular complexity index is 709. The van der Waals surface area contributed by atoms with Gasteiger partial charge in [-0.1, -0.05) is 0 Å². The predicted octanol–water partition coefficient (Wildman–Crippen LogP) is 0.926. The monoisotopic (exact) mass is 277 g/mol. The molecule has 1 aromatic heterocycles. The summed E-state index contributed by atoms with van der Waals surface area (Å²) in [5.41, 5.74) is 2.94. The van der Waals surface area contributed by atoms with E-state index >= 15 is 0 Å². The number of rotatable bonds is 2. The van der Waals surface area contributed by atoms with Gasteiger partial charge in [0.15, 0.2) is 5.11 Å². The maximum atomic E-state index is 11.1. The number of nitrogens with zero attached hydrogens (tertiary/aromatic N) is 1. The number of phenols is 1. The Labute approximate surface area is 113 Å². The minimum absolute atomic E-state index is 0.0299. The van der Waals surface area contributed by atoms with Gasteiger partial charge in [0, 0.05) is 24.1 Å². The number of hydrazone groups is 1. The second-order valence-corrected chi connectivity index (χ2v) is 4.02. The van der Waals surface area contributed by atoms with Crippen LogP contribution >= 0.6 is 12.2 Å². The van der Waals surface area contributed by atoms with E-state index in [-0.39, 0.29) is 5.75 Å². The highest BCUT2D eigenvalue weighted by atomic mass is 32.1. The van der Waals surface area contributed by atoms with Crippen LogP contribution in [0.15, 0.2) is 38.6 Å². The number of fused-ring (bicyclic) bond motifs is 1. The van der Waals surface area contributed by atoms with Crippen molar-refractivity contribution in [1.29, 1.82) is 0 Å². The lowest BCUT2D eigenvalue weighted by Gasteiger charge is -2.04. The molecule has 3 N–H and O–H groups in total. The number of phenolic OH excluding ortho intramolecular Hbond substituents is 1. The molecule has 6 nitrogen and oxygen atoms in total. The van der Waals surface area contributed by atoms with E-state index in [2.05, 4.69) is 15.8 Å². The first-order valence-corrected chi connectivity index (χ1v) is 5.79. The first kappa shape index (κ1) is 13.0. The molecule has 0 saturated heterocycles. The highest BCUT2D eigenvalue weighted by molar-refractivity contribution is 7.80. The van der Waals surface area contributed by atoms with Crippen LogP contribution < -0.4 is 16.4 Å². The molecule has 0 aliphatic heterocycles. The number of hydrogen-bond acceptors (Lipinski definition) is 5. The Hall–Kier alpha value is -2.41. The lowest BCUT2D eigenvalue weighted by Crippen LogP contribution is -2.28. The van der Waals surface area contributed by atoms with E-state index in [9.17, 15) is 9.90 Å². The van der Waals surface area contributed by atoms with Crippen LogP contribution in [0.25, 0.3) is 11.0 Å². The summed E-state index contributed by atoms with van der Waals surface area (Å²) in [5.74, 6) is 0.0299. The van der Waals surface area contributed by atoms with E-state index in [4.69, 9.17) is 16.6 Å². The molecule has 7 heteroatoms. The quantitative estimate of drug-likeness (QED) is 0.327. The zero-order valence-electron chi connectivity index (χ0n) is 10.0. The third-order valence-electron chi connectivity index (χ3n) is 2.41. The van der Waals surface area contributed by atoms with Gasteiger partial charge in [0.05, 0.1) is 6.21 Å². The summed E-state index contributed by atoms with van der Waals surface area (Å²) in [5, 5.41) is 17.3. The summed E-state index contributed by atoms with van der Waals surface area (Å²) in [7, 11) is 1.66. The molecule has 0 saturated carbocycles. The average Bonchev–Trinajstić information content (AvgIpc) is 2.41.